The Kier molecular flexibility index (Phi) is 4.34. The van der Waals surface area contributed by atoms with Gasteiger partial charge in [-0.25, -0.2) is 4.79 Å². The molecular formula is C19H16N2O2. The molecule has 23 heavy (non-hydrogen) atoms. The van der Waals surface area contributed by atoms with Crippen molar-refractivity contribution in [3.05, 3.63) is 78.4 Å². The van der Waals surface area contributed by atoms with E-state index in [1.54, 1.807) is 12.1 Å². The number of hydrogen-bond donors (Lipinski definition) is 1. The summed E-state index contributed by atoms with van der Waals surface area (Å²) in [6.45, 7) is 1.82. The standard InChI is InChI=1S/C19H16N2O2/c1-14(17-13-7-9-15-8-5-6-12-18(15)17)21-23-19(22)20-16-10-3-2-4-11-16/h2-13H,1H3,(H,20,22). The van der Waals surface area contributed by atoms with Gasteiger partial charge in [-0.3, -0.25) is 10.2 Å². The van der Waals surface area contributed by atoms with Gasteiger partial charge in [0.2, 0.25) is 0 Å². The lowest BCUT2D eigenvalue weighted by molar-refractivity contribution is 0.166. The number of carbonyl (C=O) groups is 1. The Morgan fingerprint density at radius 2 is 1.61 bits per heavy atom. The van der Waals surface area contributed by atoms with Gasteiger partial charge >= 0.3 is 6.09 Å². The van der Waals surface area contributed by atoms with Gasteiger partial charge in [-0.15, -0.1) is 0 Å². The van der Waals surface area contributed by atoms with Crippen LogP contribution in [0.5, 0.6) is 0 Å². The third-order valence-electron chi connectivity index (χ3n) is 3.47. The van der Waals surface area contributed by atoms with Crippen molar-refractivity contribution in [3.8, 4) is 0 Å². The normalized spacial score (nSPS) is 11.3. The number of nitrogens with one attached hydrogen (secondary N) is 1. The second-order valence-electron chi connectivity index (χ2n) is 5.07. The van der Waals surface area contributed by atoms with Gasteiger partial charge in [-0.05, 0) is 29.8 Å². The van der Waals surface area contributed by atoms with E-state index in [1.165, 1.54) is 0 Å². The van der Waals surface area contributed by atoms with E-state index >= 15 is 0 Å². The van der Waals surface area contributed by atoms with Crippen LogP contribution in [0.25, 0.3) is 10.8 Å². The minimum Gasteiger partial charge on any atom is -0.298 e. The first-order valence-corrected chi connectivity index (χ1v) is 7.30. The van der Waals surface area contributed by atoms with Crippen LogP contribution in [0, 0.1) is 0 Å². The second-order valence-corrected chi connectivity index (χ2v) is 5.07. The number of fused-ring (bicyclic) bond motifs is 1. The van der Waals surface area contributed by atoms with E-state index in [1.807, 2.05) is 67.6 Å². The fourth-order valence-corrected chi connectivity index (χ4v) is 2.36. The third-order valence-corrected chi connectivity index (χ3v) is 3.47. The number of hydrogen-bond acceptors (Lipinski definition) is 3. The van der Waals surface area contributed by atoms with E-state index in [4.69, 9.17) is 4.84 Å². The van der Waals surface area contributed by atoms with E-state index in [0.29, 0.717) is 11.4 Å². The van der Waals surface area contributed by atoms with Gasteiger partial charge in [0, 0.05) is 11.3 Å². The van der Waals surface area contributed by atoms with Gasteiger partial charge in [0.15, 0.2) is 0 Å². The van der Waals surface area contributed by atoms with Crippen LogP contribution in [-0.4, -0.2) is 11.8 Å². The highest BCUT2D eigenvalue weighted by Gasteiger charge is 2.06. The predicted molar refractivity (Wildman–Crippen MR) is 92.7 cm³/mol. The third kappa shape index (κ3) is 3.55. The number of oxime groups is 1. The van der Waals surface area contributed by atoms with E-state index in [2.05, 4.69) is 10.5 Å². The number of nitrogens with zero attached hydrogens (tertiary/aromatic N) is 1. The van der Waals surface area contributed by atoms with E-state index < -0.39 is 6.09 Å². The highest BCUT2D eigenvalue weighted by Crippen LogP contribution is 2.19. The van der Waals surface area contributed by atoms with E-state index in [9.17, 15) is 4.79 Å². The highest BCUT2D eigenvalue weighted by atomic mass is 16.7. The number of anilines is 1. The molecule has 0 atom stereocenters. The van der Waals surface area contributed by atoms with Gasteiger partial charge in [-0.2, -0.15) is 0 Å². The summed E-state index contributed by atoms with van der Waals surface area (Å²) in [6.07, 6.45) is -0.615. The molecule has 0 saturated carbocycles. The molecule has 0 bridgehead atoms. The van der Waals surface area contributed by atoms with Crippen molar-refractivity contribution in [2.24, 2.45) is 5.16 Å². The highest BCUT2D eigenvalue weighted by molar-refractivity contribution is 6.09. The maximum atomic E-state index is 11.8. The summed E-state index contributed by atoms with van der Waals surface area (Å²) in [7, 11) is 0. The molecule has 0 heterocycles. The maximum absolute atomic E-state index is 11.8. The van der Waals surface area contributed by atoms with Crippen molar-refractivity contribution >= 4 is 28.3 Å². The van der Waals surface area contributed by atoms with Crippen molar-refractivity contribution in [1.82, 2.24) is 0 Å². The lowest BCUT2D eigenvalue weighted by atomic mass is 10.0. The molecule has 0 aliphatic heterocycles. The van der Waals surface area contributed by atoms with Crippen LogP contribution in [0.3, 0.4) is 0 Å². The Hall–Kier alpha value is -3.14. The fraction of sp³-hybridized carbons (Fsp3) is 0.0526. The van der Waals surface area contributed by atoms with Crippen LogP contribution < -0.4 is 5.32 Å². The molecule has 4 nitrogen and oxygen atoms in total. The van der Waals surface area contributed by atoms with Crippen molar-refractivity contribution in [3.63, 3.8) is 0 Å². The molecule has 0 radical (unpaired) electrons. The van der Waals surface area contributed by atoms with Crippen molar-refractivity contribution in [2.45, 2.75) is 6.92 Å². The molecule has 0 spiro atoms. The molecule has 0 aliphatic rings. The molecule has 0 fully saturated rings. The lowest BCUT2D eigenvalue weighted by Crippen LogP contribution is -2.11. The van der Waals surface area contributed by atoms with Crippen molar-refractivity contribution in [1.29, 1.82) is 0 Å². The predicted octanol–water partition coefficient (Wildman–Crippen LogP) is 4.81. The monoisotopic (exact) mass is 304 g/mol. The maximum Gasteiger partial charge on any atom is 0.437 e. The quantitative estimate of drug-likeness (QED) is 0.429. The Balaban J connectivity index is 1.75. The SMILES string of the molecule is CC(=NOC(=O)Nc1ccccc1)c1cccc2ccccc12. The van der Waals surface area contributed by atoms with Crippen LogP contribution in [-0.2, 0) is 4.84 Å². The average Bonchev–Trinajstić information content (AvgIpc) is 2.60. The summed E-state index contributed by atoms with van der Waals surface area (Å²) in [5, 5.41) is 8.75. The zero-order valence-corrected chi connectivity index (χ0v) is 12.7. The Morgan fingerprint density at radius 1 is 0.913 bits per heavy atom. The molecule has 0 aliphatic carbocycles. The van der Waals surface area contributed by atoms with Gasteiger partial charge in [0.05, 0.1) is 5.71 Å². The number of benzene rings is 3. The molecule has 1 N–H and O–H groups in total. The average molecular weight is 304 g/mol. The Bertz CT molecular complexity index is 852. The van der Waals surface area contributed by atoms with Gasteiger partial charge in [0.1, 0.15) is 0 Å². The van der Waals surface area contributed by atoms with E-state index in [-0.39, 0.29) is 0 Å². The van der Waals surface area contributed by atoms with E-state index in [0.717, 1.165) is 16.3 Å². The zero-order valence-electron chi connectivity index (χ0n) is 12.7. The van der Waals surface area contributed by atoms with Crippen LogP contribution in [0.1, 0.15) is 12.5 Å². The van der Waals surface area contributed by atoms with Crippen molar-refractivity contribution < 1.29 is 9.63 Å². The zero-order chi connectivity index (χ0) is 16.1. The van der Waals surface area contributed by atoms with Crippen molar-refractivity contribution in [2.75, 3.05) is 5.32 Å². The Labute approximate surface area is 134 Å². The van der Waals surface area contributed by atoms with Crippen LogP contribution >= 0.6 is 0 Å². The summed E-state index contributed by atoms with van der Waals surface area (Å²) in [5.41, 5.74) is 2.25. The second kappa shape index (κ2) is 6.75. The molecule has 3 aromatic rings. The number of carbonyl (C=O) groups excluding carboxylic acids is 1. The smallest absolute Gasteiger partial charge is 0.298 e. The molecule has 4 heteroatoms. The first-order valence-electron chi connectivity index (χ1n) is 7.30. The summed E-state index contributed by atoms with van der Waals surface area (Å²) in [6, 6.07) is 23.1. The minimum atomic E-state index is -0.615. The Morgan fingerprint density at radius 3 is 2.43 bits per heavy atom. The summed E-state index contributed by atoms with van der Waals surface area (Å²) < 4.78 is 0. The first kappa shape index (κ1) is 14.8. The summed E-state index contributed by atoms with van der Waals surface area (Å²) in [4.78, 5) is 16.7. The van der Waals surface area contributed by atoms with Crippen LogP contribution in [0.4, 0.5) is 10.5 Å². The molecule has 0 saturated heterocycles. The summed E-state index contributed by atoms with van der Waals surface area (Å²) in [5.74, 6) is 0. The van der Waals surface area contributed by atoms with Gasteiger partial charge < -0.3 is 0 Å². The fourth-order valence-electron chi connectivity index (χ4n) is 2.36. The number of amides is 1. The minimum absolute atomic E-state index is 0.615. The van der Waals surface area contributed by atoms with Gasteiger partial charge in [0.25, 0.3) is 0 Å². The molecular weight excluding hydrogens is 288 g/mol. The van der Waals surface area contributed by atoms with Crippen LogP contribution in [0.2, 0.25) is 0 Å². The molecule has 0 unspecified atom stereocenters. The first-order chi connectivity index (χ1) is 11.2. The molecule has 1 amide bonds. The molecule has 3 aromatic carbocycles. The van der Waals surface area contributed by atoms with Gasteiger partial charge in [-0.1, -0.05) is 65.8 Å². The topological polar surface area (TPSA) is 50.7 Å². The molecule has 3 rings (SSSR count). The number of rotatable bonds is 3. The molecule has 114 valence electrons. The number of para-hydroxylation sites is 1. The van der Waals surface area contributed by atoms with Crippen LogP contribution in [0.15, 0.2) is 78.0 Å². The molecule has 0 aromatic heterocycles. The largest absolute Gasteiger partial charge is 0.437 e. The lowest BCUT2D eigenvalue weighted by Gasteiger charge is -2.06. The summed E-state index contributed by atoms with van der Waals surface area (Å²) >= 11 is 0.